The topological polar surface area (TPSA) is 106 Å². The standard InChI is InChI=1S/C10H16N2O3S2/c1-6(13)7(2)16-9-3-8(11)4-10(5-9)17(12,14)15/h3-7,13H,11H2,1-2H3,(H2,12,14,15). The first-order valence-corrected chi connectivity index (χ1v) is 7.41. The summed E-state index contributed by atoms with van der Waals surface area (Å²) in [4.78, 5) is 0.653. The highest BCUT2D eigenvalue weighted by Gasteiger charge is 2.14. The molecular weight excluding hydrogens is 260 g/mol. The molecule has 1 aromatic rings. The molecule has 0 amide bonds. The molecule has 0 aromatic heterocycles. The van der Waals surface area contributed by atoms with E-state index in [1.807, 2.05) is 6.92 Å². The van der Waals surface area contributed by atoms with Gasteiger partial charge in [0, 0.05) is 15.8 Å². The molecule has 0 fully saturated rings. The third kappa shape index (κ3) is 4.19. The van der Waals surface area contributed by atoms with E-state index in [4.69, 9.17) is 10.9 Å². The maximum atomic E-state index is 11.2. The number of aliphatic hydroxyl groups excluding tert-OH is 1. The lowest BCUT2D eigenvalue weighted by molar-refractivity contribution is 0.196. The number of nitrogens with two attached hydrogens (primary N) is 2. The van der Waals surface area contributed by atoms with E-state index in [1.165, 1.54) is 23.9 Å². The van der Waals surface area contributed by atoms with Crippen LogP contribution in [0.15, 0.2) is 28.0 Å². The summed E-state index contributed by atoms with van der Waals surface area (Å²) in [6.45, 7) is 3.51. The van der Waals surface area contributed by atoms with E-state index in [1.54, 1.807) is 13.0 Å². The summed E-state index contributed by atoms with van der Waals surface area (Å²) in [6, 6.07) is 4.42. The zero-order valence-corrected chi connectivity index (χ0v) is 11.3. The van der Waals surface area contributed by atoms with Gasteiger partial charge in [-0.1, -0.05) is 6.92 Å². The number of benzene rings is 1. The Bertz CT molecular complexity index is 500. The van der Waals surface area contributed by atoms with Gasteiger partial charge in [0.15, 0.2) is 0 Å². The van der Waals surface area contributed by atoms with Crippen molar-refractivity contribution < 1.29 is 13.5 Å². The molecule has 0 aliphatic rings. The van der Waals surface area contributed by atoms with Crippen molar-refractivity contribution in [3.8, 4) is 0 Å². The number of hydrogen-bond donors (Lipinski definition) is 3. The first-order chi connectivity index (χ1) is 7.70. The van der Waals surface area contributed by atoms with Crippen molar-refractivity contribution in [1.82, 2.24) is 0 Å². The maximum Gasteiger partial charge on any atom is 0.238 e. The second-order valence-corrected chi connectivity index (χ2v) is 6.86. The first-order valence-electron chi connectivity index (χ1n) is 4.98. The zero-order chi connectivity index (χ0) is 13.2. The minimum atomic E-state index is -3.76. The molecule has 2 unspecified atom stereocenters. The second-order valence-electron chi connectivity index (χ2n) is 3.85. The van der Waals surface area contributed by atoms with Crippen molar-refractivity contribution >= 4 is 27.5 Å². The lowest BCUT2D eigenvalue weighted by atomic mass is 10.3. The van der Waals surface area contributed by atoms with Crippen molar-refractivity contribution in [3.63, 3.8) is 0 Å². The Kier molecular flexibility index (Phi) is 4.42. The van der Waals surface area contributed by atoms with Gasteiger partial charge in [0.25, 0.3) is 0 Å². The smallest absolute Gasteiger partial charge is 0.238 e. The summed E-state index contributed by atoms with van der Waals surface area (Å²) in [5, 5.41) is 14.4. The summed E-state index contributed by atoms with van der Waals surface area (Å²) in [6.07, 6.45) is -0.501. The van der Waals surface area contributed by atoms with Gasteiger partial charge in [0.05, 0.1) is 11.0 Å². The van der Waals surface area contributed by atoms with Gasteiger partial charge in [-0.25, -0.2) is 13.6 Å². The molecule has 0 aliphatic heterocycles. The number of nitrogen functional groups attached to an aromatic ring is 1. The van der Waals surface area contributed by atoms with Gasteiger partial charge in [-0.2, -0.15) is 0 Å². The van der Waals surface area contributed by atoms with E-state index < -0.39 is 16.1 Å². The van der Waals surface area contributed by atoms with E-state index in [0.717, 1.165) is 0 Å². The summed E-state index contributed by atoms with van der Waals surface area (Å²) >= 11 is 1.35. The van der Waals surface area contributed by atoms with Gasteiger partial charge in [0.2, 0.25) is 10.0 Å². The fourth-order valence-corrected chi connectivity index (χ4v) is 2.83. The largest absolute Gasteiger partial charge is 0.399 e. The van der Waals surface area contributed by atoms with Crippen LogP contribution in [-0.4, -0.2) is 24.9 Å². The normalized spacial score (nSPS) is 15.5. The number of anilines is 1. The average molecular weight is 276 g/mol. The van der Waals surface area contributed by atoms with Crippen LogP contribution in [0.5, 0.6) is 0 Å². The van der Waals surface area contributed by atoms with E-state index in [0.29, 0.717) is 10.6 Å². The Labute approximate surface area is 105 Å². The predicted molar refractivity (Wildman–Crippen MR) is 69.2 cm³/mol. The molecule has 5 nitrogen and oxygen atoms in total. The van der Waals surface area contributed by atoms with E-state index in [2.05, 4.69) is 0 Å². The Balaban J connectivity index is 3.07. The molecule has 2 atom stereocenters. The molecule has 5 N–H and O–H groups in total. The van der Waals surface area contributed by atoms with Crippen LogP contribution in [0.4, 0.5) is 5.69 Å². The van der Waals surface area contributed by atoms with Gasteiger partial charge in [-0.3, -0.25) is 0 Å². The molecule has 0 saturated heterocycles. The van der Waals surface area contributed by atoms with Crippen molar-refractivity contribution in [1.29, 1.82) is 0 Å². The van der Waals surface area contributed by atoms with E-state index >= 15 is 0 Å². The van der Waals surface area contributed by atoms with Gasteiger partial charge in [0.1, 0.15) is 0 Å². The molecule has 0 heterocycles. The number of aliphatic hydroxyl groups is 1. The lowest BCUT2D eigenvalue weighted by Gasteiger charge is -2.14. The molecule has 96 valence electrons. The fourth-order valence-electron chi connectivity index (χ4n) is 1.14. The molecule has 0 spiro atoms. The monoisotopic (exact) mass is 276 g/mol. The van der Waals surface area contributed by atoms with Crippen LogP contribution < -0.4 is 10.9 Å². The highest BCUT2D eigenvalue weighted by Crippen LogP contribution is 2.29. The van der Waals surface area contributed by atoms with Gasteiger partial charge in [-0.05, 0) is 25.1 Å². The van der Waals surface area contributed by atoms with Crippen LogP contribution in [0, 0.1) is 0 Å². The molecule has 1 rings (SSSR count). The van der Waals surface area contributed by atoms with E-state index in [9.17, 15) is 13.5 Å². The fraction of sp³-hybridized carbons (Fsp3) is 0.400. The highest BCUT2D eigenvalue weighted by atomic mass is 32.2. The van der Waals surface area contributed by atoms with Crippen LogP contribution in [0.1, 0.15) is 13.8 Å². The van der Waals surface area contributed by atoms with Crippen LogP contribution in [-0.2, 0) is 10.0 Å². The Morgan fingerprint density at radius 1 is 1.29 bits per heavy atom. The summed E-state index contributed by atoms with van der Waals surface area (Å²) in [5.74, 6) is 0. The quantitative estimate of drug-likeness (QED) is 0.556. The molecule has 7 heteroatoms. The third-order valence-electron chi connectivity index (χ3n) is 2.23. The molecule has 0 saturated carbocycles. The molecule has 17 heavy (non-hydrogen) atoms. The summed E-state index contributed by atoms with van der Waals surface area (Å²) in [5.41, 5.74) is 5.94. The molecular formula is C10H16N2O3S2. The highest BCUT2D eigenvalue weighted by molar-refractivity contribution is 8.00. The Morgan fingerprint density at radius 2 is 1.88 bits per heavy atom. The molecule has 1 aromatic carbocycles. The second kappa shape index (κ2) is 5.26. The van der Waals surface area contributed by atoms with Gasteiger partial charge >= 0.3 is 0 Å². The van der Waals surface area contributed by atoms with Crippen LogP contribution in [0.2, 0.25) is 0 Å². The minimum Gasteiger partial charge on any atom is -0.399 e. The number of thioether (sulfide) groups is 1. The first kappa shape index (κ1) is 14.3. The average Bonchev–Trinajstić information content (AvgIpc) is 2.15. The van der Waals surface area contributed by atoms with Gasteiger partial charge < -0.3 is 10.8 Å². The molecule has 0 radical (unpaired) electrons. The van der Waals surface area contributed by atoms with Gasteiger partial charge in [-0.15, -0.1) is 11.8 Å². The summed E-state index contributed by atoms with van der Waals surface area (Å²) < 4.78 is 22.4. The number of rotatable bonds is 4. The SMILES string of the molecule is CC(O)C(C)Sc1cc(N)cc(S(N)(=O)=O)c1. The van der Waals surface area contributed by atoms with Crippen molar-refractivity contribution in [3.05, 3.63) is 18.2 Å². The number of sulfonamides is 1. The van der Waals surface area contributed by atoms with Crippen molar-refractivity contribution in [2.75, 3.05) is 5.73 Å². The minimum absolute atomic E-state index is 0.0159. The number of hydrogen-bond acceptors (Lipinski definition) is 5. The third-order valence-corrected chi connectivity index (χ3v) is 4.40. The van der Waals surface area contributed by atoms with Crippen LogP contribution >= 0.6 is 11.8 Å². The van der Waals surface area contributed by atoms with Crippen LogP contribution in [0.3, 0.4) is 0 Å². The van der Waals surface area contributed by atoms with Crippen molar-refractivity contribution in [2.45, 2.75) is 35.0 Å². The molecule has 0 bridgehead atoms. The predicted octanol–water partition coefficient (Wildman–Crippen LogP) is 0.778. The molecule has 0 aliphatic carbocycles. The number of primary sulfonamides is 1. The Hall–Kier alpha value is -0.760. The summed E-state index contributed by atoms with van der Waals surface area (Å²) in [7, 11) is -3.76. The maximum absolute atomic E-state index is 11.2. The Morgan fingerprint density at radius 3 is 2.35 bits per heavy atom. The van der Waals surface area contributed by atoms with E-state index in [-0.39, 0.29) is 10.1 Å². The zero-order valence-electron chi connectivity index (χ0n) is 9.62. The van der Waals surface area contributed by atoms with Crippen LogP contribution in [0.25, 0.3) is 0 Å². The lowest BCUT2D eigenvalue weighted by Crippen LogP contribution is -2.15. The van der Waals surface area contributed by atoms with Crippen molar-refractivity contribution in [2.24, 2.45) is 5.14 Å².